The molecule has 2 aromatic carbocycles. The fraction of sp³-hybridized carbons (Fsp3) is 0.158. The van der Waals surface area contributed by atoms with Crippen LogP contribution in [0.15, 0.2) is 36.4 Å². The molecular weight excluding hydrogens is 428 g/mol. The van der Waals surface area contributed by atoms with E-state index in [0.717, 1.165) is 4.70 Å². The number of carbonyl (C=O) groups is 2. The van der Waals surface area contributed by atoms with Crippen LogP contribution in [0.1, 0.15) is 10.4 Å². The number of hydrogen-bond acceptors (Lipinski definition) is 8. The Balaban J connectivity index is 1.82. The molecule has 0 fully saturated rings. The van der Waals surface area contributed by atoms with E-state index in [0.29, 0.717) is 27.0 Å². The van der Waals surface area contributed by atoms with E-state index in [1.54, 1.807) is 36.2 Å². The number of benzene rings is 2. The number of nitrogens with two attached hydrogens (primary N) is 1. The number of carboxylic acids is 1. The number of nitrogens with zero attached hydrogens (tertiary/aromatic N) is 3. The second-order valence-electron chi connectivity index (χ2n) is 6.71. The first-order valence-electron chi connectivity index (χ1n) is 8.68. The summed E-state index contributed by atoms with van der Waals surface area (Å²) >= 11 is 7.35. The average Bonchev–Trinajstić information content (AvgIpc) is 3.20. The van der Waals surface area contributed by atoms with Gasteiger partial charge in [0.15, 0.2) is 11.0 Å². The van der Waals surface area contributed by atoms with Crippen LogP contribution in [-0.4, -0.2) is 34.8 Å². The van der Waals surface area contributed by atoms with Crippen molar-refractivity contribution in [3.05, 3.63) is 47.0 Å². The summed E-state index contributed by atoms with van der Waals surface area (Å²) in [6.07, 6.45) is 0. The number of aromatic nitrogens is 1. The third-order valence-electron chi connectivity index (χ3n) is 4.94. The van der Waals surface area contributed by atoms with Gasteiger partial charge in [0, 0.05) is 12.1 Å². The molecular formula is C19H15ClN6O3S. The topological polar surface area (TPSA) is 144 Å². The standard InChI is InChI=1S/C19H15ClN6O3S/c1-26-14-5-2-9(17(28)29)6-13(14)24-19(26,11(8-21)16(22)27)25-18-23-12-4-3-10(20)7-15(12)30-18/h2-7,11,24H,1H3,(H2,22,27)(H,23,25)(H,28,29). The molecule has 4 rings (SSSR count). The highest BCUT2D eigenvalue weighted by atomic mass is 35.5. The number of amides is 1. The molecule has 0 saturated heterocycles. The van der Waals surface area contributed by atoms with Gasteiger partial charge in [-0.2, -0.15) is 5.26 Å². The van der Waals surface area contributed by atoms with Crippen LogP contribution in [0.25, 0.3) is 10.2 Å². The van der Waals surface area contributed by atoms with Gasteiger partial charge < -0.3 is 26.4 Å². The van der Waals surface area contributed by atoms with E-state index in [1.165, 1.54) is 23.5 Å². The summed E-state index contributed by atoms with van der Waals surface area (Å²) in [6.45, 7) is 0. The number of aromatic carboxylic acids is 1. The summed E-state index contributed by atoms with van der Waals surface area (Å²) in [4.78, 5) is 29.7. The molecule has 11 heteroatoms. The summed E-state index contributed by atoms with van der Waals surface area (Å²) in [7, 11) is 1.67. The van der Waals surface area contributed by atoms with Gasteiger partial charge in [-0.3, -0.25) is 4.79 Å². The summed E-state index contributed by atoms with van der Waals surface area (Å²) < 4.78 is 0.819. The summed E-state index contributed by atoms with van der Waals surface area (Å²) in [5.41, 5.74) is 7.33. The van der Waals surface area contributed by atoms with E-state index in [1.807, 2.05) is 6.07 Å². The molecule has 30 heavy (non-hydrogen) atoms. The summed E-state index contributed by atoms with van der Waals surface area (Å²) in [5, 5.41) is 26.3. The van der Waals surface area contributed by atoms with Crippen LogP contribution in [0.2, 0.25) is 5.02 Å². The molecule has 0 aliphatic carbocycles. The molecule has 0 spiro atoms. The Morgan fingerprint density at radius 2 is 2.17 bits per heavy atom. The fourth-order valence-electron chi connectivity index (χ4n) is 3.47. The van der Waals surface area contributed by atoms with E-state index in [4.69, 9.17) is 17.3 Å². The molecule has 2 atom stereocenters. The van der Waals surface area contributed by atoms with Gasteiger partial charge in [-0.25, -0.2) is 9.78 Å². The molecule has 2 heterocycles. The molecule has 1 aromatic heterocycles. The third-order valence-corrected chi connectivity index (χ3v) is 6.11. The molecule has 9 nitrogen and oxygen atoms in total. The summed E-state index contributed by atoms with van der Waals surface area (Å²) in [6, 6.07) is 11.7. The van der Waals surface area contributed by atoms with Crippen molar-refractivity contribution < 1.29 is 14.7 Å². The monoisotopic (exact) mass is 442 g/mol. The lowest BCUT2D eigenvalue weighted by atomic mass is 10.0. The minimum atomic E-state index is -1.47. The molecule has 5 N–H and O–H groups in total. The van der Waals surface area contributed by atoms with Gasteiger partial charge >= 0.3 is 5.97 Å². The Morgan fingerprint density at radius 1 is 1.40 bits per heavy atom. The molecule has 2 unspecified atom stereocenters. The van der Waals surface area contributed by atoms with E-state index in [9.17, 15) is 20.0 Å². The Bertz CT molecular complexity index is 1240. The molecule has 0 bridgehead atoms. The Morgan fingerprint density at radius 3 is 2.83 bits per heavy atom. The van der Waals surface area contributed by atoms with Gasteiger partial charge in [-0.05, 0) is 36.4 Å². The van der Waals surface area contributed by atoms with Crippen LogP contribution in [0.4, 0.5) is 16.5 Å². The number of halogens is 1. The fourth-order valence-corrected chi connectivity index (χ4v) is 4.67. The number of anilines is 3. The number of rotatable bonds is 5. The molecule has 152 valence electrons. The zero-order valence-electron chi connectivity index (χ0n) is 15.5. The zero-order chi connectivity index (χ0) is 21.6. The van der Waals surface area contributed by atoms with Crippen molar-refractivity contribution >= 4 is 61.5 Å². The first-order valence-corrected chi connectivity index (χ1v) is 9.87. The SMILES string of the molecule is CN1c2ccc(C(=O)O)cc2NC1(Nc1nc2ccc(Cl)cc2s1)C(C#N)C(N)=O. The number of carboxylic acid groups (broad SMARTS) is 1. The van der Waals surface area contributed by atoms with E-state index >= 15 is 0 Å². The Kier molecular flexibility index (Phi) is 4.64. The number of carbonyl (C=O) groups excluding carboxylic acids is 1. The number of fused-ring (bicyclic) bond motifs is 2. The lowest BCUT2D eigenvalue weighted by molar-refractivity contribution is -0.121. The summed E-state index contributed by atoms with van der Waals surface area (Å²) in [5.74, 6) is -4.75. The molecule has 1 aliphatic heterocycles. The Hall–Kier alpha value is -3.55. The number of hydrogen-bond donors (Lipinski definition) is 4. The number of nitriles is 1. The van der Waals surface area contributed by atoms with E-state index in [-0.39, 0.29) is 5.56 Å². The van der Waals surface area contributed by atoms with Gasteiger partial charge in [0.2, 0.25) is 11.7 Å². The maximum Gasteiger partial charge on any atom is 0.335 e. The first kappa shape index (κ1) is 19.8. The van der Waals surface area contributed by atoms with Crippen molar-refractivity contribution in [3.63, 3.8) is 0 Å². The van der Waals surface area contributed by atoms with Gasteiger partial charge in [-0.1, -0.05) is 22.9 Å². The quantitative estimate of drug-likeness (QED) is 0.472. The van der Waals surface area contributed by atoms with Crippen LogP contribution >= 0.6 is 22.9 Å². The predicted molar refractivity (Wildman–Crippen MR) is 115 cm³/mol. The highest BCUT2D eigenvalue weighted by molar-refractivity contribution is 7.22. The van der Waals surface area contributed by atoms with Crippen LogP contribution < -0.4 is 21.3 Å². The number of thiazole rings is 1. The third kappa shape index (κ3) is 3.04. The van der Waals surface area contributed by atoms with Crippen LogP contribution in [0.5, 0.6) is 0 Å². The average molecular weight is 443 g/mol. The Labute approximate surface area is 179 Å². The van der Waals surface area contributed by atoms with Crippen molar-refractivity contribution in [2.75, 3.05) is 22.6 Å². The predicted octanol–water partition coefficient (Wildman–Crippen LogP) is 2.90. The number of nitrogens with one attached hydrogen (secondary N) is 2. The van der Waals surface area contributed by atoms with Crippen molar-refractivity contribution in [2.24, 2.45) is 11.7 Å². The van der Waals surface area contributed by atoms with Gasteiger partial charge in [0.1, 0.15) is 0 Å². The lowest BCUT2D eigenvalue weighted by Crippen LogP contribution is -2.63. The smallest absolute Gasteiger partial charge is 0.335 e. The van der Waals surface area contributed by atoms with Gasteiger partial charge in [0.25, 0.3) is 0 Å². The second-order valence-corrected chi connectivity index (χ2v) is 8.18. The van der Waals surface area contributed by atoms with Crippen molar-refractivity contribution in [1.82, 2.24) is 4.98 Å². The lowest BCUT2D eigenvalue weighted by Gasteiger charge is -2.40. The van der Waals surface area contributed by atoms with Crippen LogP contribution in [0, 0.1) is 17.2 Å². The van der Waals surface area contributed by atoms with Crippen molar-refractivity contribution in [1.29, 1.82) is 5.26 Å². The number of primary amides is 1. The molecule has 3 aromatic rings. The van der Waals surface area contributed by atoms with Crippen molar-refractivity contribution in [2.45, 2.75) is 5.79 Å². The highest BCUT2D eigenvalue weighted by Gasteiger charge is 2.52. The second kappa shape index (κ2) is 7.05. The van der Waals surface area contributed by atoms with E-state index in [2.05, 4.69) is 15.6 Å². The molecule has 0 radical (unpaired) electrons. The van der Waals surface area contributed by atoms with Crippen molar-refractivity contribution in [3.8, 4) is 6.07 Å². The normalized spacial score (nSPS) is 18.4. The van der Waals surface area contributed by atoms with Gasteiger partial charge in [0.05, 0.1) is 33.2 Å². The van der Waals surface area contributed by atoms with Crippen LogP contribution in [-0.2, 0) is 4.79 Å². The van der Waals surface area contributed by atoms with Crippen LogP contribution in [0.3, 0.4) is 0 Å². The maximum atomic E-state index is 12.2. The van der Waals surface area contributed by atoms with Gasteiger partial charge in [-0.15, -0.1) is 0 Å². The maximum absolute atomic E-state index is 12.2. The molecule has 1 amide bonds. The first-order chi connectivity index (χ1) is 14.2. The highest BCUT2D eigenvalue weighted by Crippen LogP contribution is 2.44. The largest absolute Gasteiger partial charge is 0.478 e. The molecule has 0 saturated carbocycles. The molecule has 1 aliphatic rings. The minimum absolute atomic E-state index is 0.0626. The van der Waals surface area contributed by atoms with E-state index < -0.39 is 23.6 Å². The zero-order valence-corrected chi connectivity index (χ0v) is 17.1. The minimum Gasteiger partial charge on any atom is -0.478 e.